The van der Waals surface area contributed by atoms with Crippen molar-refractivity contribution in [1.82, 2.24) is 20.2 Å². The minimum atomic E-state index is -4.70. The molecule has 0 unspecified atom stereocenters. The molecule has 1 amide bonds. The van der Waals surface area contributed by atoms with Gasteiger partial charge in [-0.2, -0.15) is 13.2 Å². The largest absolute Gasteiger partial charge is 0.453 e. The summed E-state index contributed by atoms with van der Waals surface area (Å²) in [6, 6.07) is 9.34. The number of hydrogen-bond donors (Lipinski definition) is 2. The lowest BCUT2D eigenvalue weighted by atomic mass is 9.97. The van der Waals surface area contributed by atoms with Gasteiger partial charge >= 0.3 is 6.18 Å². The Morgan fingerprint density at radius 1 is 1.27 bits per heavy atom. The van der Waals surface area contributed by atoms with Crippen molar-refractivity contribution in [2.45, 2.75) is 37.6 Å². The Labute approximate surface area is 153 Å². The van der Waals surface area contributed by atoms with Crippen LogP contribution in [0.4, 0.5) is 13.2 Å². The summed E-state index contributed by atoms with van der Waals surface area (Å²) in [5.74, 6) is 3.97. The van der Waals surface area contributed by atoms with Crippen molar-refractivity contribution in [3.05, 3.63) is 41.7 Å². The van der Waals surface area contributed by atoms with Gasteiger partial charge in [-0.05, 0) is 17.9 Å². The van der Waals surface area contributed by atoms with Gasteiger partial charge < -0.3 is 11.2 Å². The minimum Gasteiger partial charge on any atom is -0.349 e. The summed E-state index contributed by atoms with van der Waals surface area (Å²) in [7, 11) is 0. The number of nitrogens with zero attached hydrogens (tertiary/aromatic N) is 3. The van der Waals surface area contributed by atoms with Crippen molar-refractivity contribution in [2.24, 2.45) is 5.92 Å². The standard InChI is InChI=1S/C16H20F3N5OS/c1-10(2)8-12(11-6-4-3-5-7-11)21-13(25)9-26-15-23-22-14(24(15)20)16(17,18)19/h3-7,10,12H,8-9,20H2,1-2H3,(H,21,25)/t12-/m1/s1. The normalized spacial score (nSPS) is 13.0. The van der Waals surface area contributed by atoms with E-state index >= 15 is 0 Å². The molecule has 0 radical (unpaired) electrons. The van der Waals surface area contributed by atoms with Gasteiger partial charge in [0.2, 0.25) is 11.1 Å². The van der Waals surface area contributed by atoms with Crippen LogP contribution < -0.4 is 11.2 Å². The molecule has 0 bridgehead atoms. The molecule has 0 aliphatic carbocycles. The summed E-state index contributed by atoms with van der Waals surface area (Å²) in [4.78, 5) is 12.2. The van der Waals surface area contributed by atoms with Crippen LogP contribution in [0.2, 0.25) is 0 Å². The van der Waals surface area contributed by atoms with Gasteiger partial charge in [0.25, 0.3) is 5.82 Å². The monoisotopic (exact) mass is 387 g/mol. The van der Waals surface area contributed by atoms with E-state index in [4.69, 9.17) is 5.84 Å². The molecule has 0 aliphatic heterocycles. The van der Waals surface area contributed by atoms with Crippen LogP contribution in [0.3, 0.4) is 0 Å². The summed E-state index contributed by atoms with van der Waals surface area (Å²) in [6.07, 6.45) is -3.95. The lowest BCUT2D eigenvalue weighted by Crippen LogP contribution is -2.31. The molecule has 0 fully saturated rings. The summed E-state index contributed by atoms with van der Waals surface area (Å²) in [5, 5.41) is 9.15. The molecule has 1 heterocycles. The number of thioether (sulfide) groups is 1. The number of nitrogens with one attached hydrogen (secondary N) is 1. The quantitative estimate of drug-likeness (QED) is 0.563. The predicted octanol–water partition coefficient (Wildman–Crippen LogP) is 3.01. The zero-order valence-corrected chi connectivity index (χ0v) is 15.1. The Balaban J connectivity index is 2.00. The molecule has 3 N–H and O–H groups in total. The van der Waals surface area contributed by atoms with Crippen LogP contribution in [0.5, 0.6) is 0 Å². The van der Waals surface area contributed by atoms with Gasteiger partial charge in [0, 0.05) is 0 Å². The molecule has 2 rings (SSSR count). The van der Waals surface area contributed by atoms with Crippen LogP contribution in [-0.2, 0) is 11.0 Å². The number of rotatable bonds is 7. The maximum absolute atomic E-state index is 12.7. The fourth-order valence-electron chi connectivity index (χ4n) is 2.37. The van der Waals surface area contributed by atoms with Crippen LogP contribution >= 0.6 is 11.8 Å². The average Bonchev–Trinajstić information content (AvgIpc) is 2.94. The van der Waals surface area contributed by atoms with Crippen LogP contribution in [0, 0.1) is 5.92 Å². The molecule has 10 heteroatoms. The van der Waals surface area contributed by atoms with E-state index in [1.165, 1.54) is 0 Å². The lowest BCUT2D eigenvalue weighted by molar-refractivity contribution is -0.146. The number of alkyl halides is 3. The SMILES string of the molecule is CC(C)C[C@@H](NC(=O)CSc1nnc(C(F)(F)F)n1N)c1ccccc1. The highest BCUT2D eigenvalue weighted by atomic mass is 32.2. The Bertz CT molecular complexity index is 733. The maximum Gasteiger partial charge on any atom is 0.453 e. The second-order valence-corrected chi connectivity index (χ2v) is 7.07. The third-order valence-electron chi connectivity index (χ3n) is 3.49. The average molecular weight is 387 g/mol. The third kappa shape index (κ3) is 5.38. The van der Waals surface area contributed by atoms with Gasteiger partial charge in [-0.15, -0.1) is 10.2 Å². The second-order valence-electron chi connectivity index (χ2n) is 6.12. The third-order valence-corrected chi connectivity index (χ3v) is 4.44. The van der Waals surface area contributed by atoms with Crippen molar-refractivity contribution in [2.75, 3.05) is 11.6 Å². The Morgan fingerprint density at radius 2 is 1.92 bits per heavy atom. The molecule has 2 aromatic rings. The number of amides is 1. The van der Waals surface area contributed by atoms with Crippen molar-refractivity contribution in [3.63, 3.8) is 0 Å². The smallest absolute Gasteiger partial charge is 0.349 e. The highest BCUT2D eigenvalue weighted by Gasteiger charge is 2.38. The summed E-state index contributed by atoms with van der Waals surface area (Å²) >= 11 is 0.800. The number of hydrogen-bond acceptors (Lipinski definition) is 5. The Hall–Kier alpha value is -2.23. The molecule has 26 heavy (non-hydrogen) atoms. The first-order valence-electron chi connectivity index (χ1n) is 7.93. The van der Waals surface area contributed by atoms with Gasteiger partial charge in [0.15, 0.2) is 0 Å². The first kappa shape index (κ1) is 20.1. The first-order chi connectivity index (χ1) is 12.2. The van der Waals surface area contributed by atoms with E-state index in [-0.39, 0.29) is 22.9 Å². The fourth-order valence-corrected chi connectivity index (χ4v) is 3.04. The molecular formula is C16H20F3N5OS. The highest BCUT2D eigenvalue weighted by molar-refractivity contribution is 7.99. The number of halogens is 3. The maximum atomic E-state index is 12.7. The van der Waals surface area contributed by atoms with E-state index in [0.717, 1.165) is 23.7 Å². The van der Waals surface area contributed by atoms with Crippen LogP contribution in [0.25, 0.3) is 0 Å². The molecule has 1 aromatic carbocycles. The number of nitrogen functional groups attached to an aromatic ring is 1. The van der Waals surface area contributed by atoms with E-state index in [9.17, 15) is 18.0 Å². The molecule has 0 aliphatic rings. The second kappa shape index (κ2) is 8.43. The van der Waals surface area contributed by atoms with Gasteiger partial charge in [0.05, 0.1) is 11.8 Å². The number of carbonyl (C=O) groups is 1. The van der Waals surface area contributed by atoms with Crippen LogP contribution in [0.1, 0.15) is 37.7 Å². The number of carbonyl (C=O) groups excluding carboxylic acids is 1. The number of benzene rings is 1. The first-order valence-corrected chi connectivity index (χ1v) is 8.91. The molecule has 142 valence electrons. The lowest BCUT2D eigenvalue weighted by Gasteiger charge is -2.21. The summed E-state index contributed by atoms with van der Waals surface area (Å²) in [6.45, 7) is 4.10. The van der Waals surface area contributed by atoms with E-state index in [1.54, 1.807) is 0 Å². The number of aromatic nitrogens is 3. The minimum absolute atomic E-state index is 0.116. The van der Waals surface area contributed by atoms with Crippen molar-refractivity contribution >= 4 is 17.7 Å². The predicted molar refractivity (Wildman–Crippen MR) is 92.7 cm³/mol. The molecule has 1 atom stereocenters. The van der Waals surface area contributed by atoms with Gasteiger partial charge in [-0.25, -0.2) is 4.68 Å². The van der Waals surface area contributed by atoms with Crippen LogP contribution in [-0.4, -0.2) is 26.5 Å². The van der Waals surface area contributed by atoms with Gasteiger partial charge in [-0.3, -0.25) is 4.79 Å². The number of nitrogens with two attached hydrogens (primary N) is 1. The topological polar surface area (TPSA) is 85.8 Å². The molecule has 0 spiro atoms. The van der Waals surface area contributed by atoms with E-state index in [2.05, 4.69) is 15.5 Å². The van der Waals surface area contributed by atoms with E-state index in [0.29, 0.717) is 10.6 Å². The van der Waals surface area contributed by atoms with Crippen molar-refractivity contribution in [1.29, 1.82) is 0 Å². The fraction of sp³-hybridized carbons (Fsp3) is 0.438. The molecule has 6 nitrogen and oxygen atoms in total. The van der Waals surface area contributed by atoms with E-state index in [1.807, 2.05) is 44.2 Å². The van der Waals surface area contributed by atoms with Gasteiger partial charge in [-0.1, -0.05) is 55.9 Å². The molecule has 1 aromatic heterocycles. The zero-order valence-electron chi connectivity index (χ0n) is 14.3. The highest BCUT2D eigenvalue weighted by Crippen LogP contribution is 2.29. The van der Waals surface area contributed by atoms with Gasteiger partial charge in [0.1, 0.15) is 0 Å². The Morgan fingerprint density at radius 3 is 2.46 bits per heavy atom. The molecule has 0 saturated carbocycles. The summed E-state index contributed by atoms with van der Waals surface area (Å²) in [5.41, 5.74) is 0.973. The van der Waals surface area contributed by atoms with Crippen LogP contribution in [0.15, 0.2) is 35.5 Å². The molecular weight excluding hydrogens is 367 g/mol. The Kier molecular flexibility index (Phi) is 6.52. The molecule has 0 saturated heterocycles. The van der Waals surface area contributed by atoms with E-state index < -0.39 is 12.0 Å². The summed E-state index contributed by atoms with van der Waals surface area (Å²) < 4.78 is 38.3. The zero-order chi connectivity index (χ0) is 19.3. The van der Waals surface area contributed by atoms with Crippen molar-refractivity contribution in [3.8, 4) is 0 Å². The van der Waals surface area contributed by atoms with Crippen molar-refractivity contribution < 1.29 is 18.0 Å².